The standard InChI is InChI=1S/C22H19N5O/c1-16-9-5-6-12-18(16)22-24-26-27(25-22)15-21(28)23-20-14-8-7-13-19(20)17-10-3-2-4-11-17/h2-14H,15H2,1H3,(H,23,28). The van der Waals surface area contributed by atoms with Crippen LogP contribution in [-0.4, -0.2) is 26.1 Å². The molecule has 0 radical (unpaired) electrons. The Labute approximate surface area is 162 Å². The van der Waals surface area contributed by atoms with Crippen LogP contribution in [0.2, 0.25) is 0 Å². The molecule has 28 heavy (non-hydrogen) atoms. The number of aromatic nitrogens is 4. The average molecular weight is 369 g/mol. The van der Waals surface area contributed by atoms with Gasteiger partial charge in [0.05, 0.1) is 0 Å². The molecule has 0 atom stereocenters. The Morgan fingerprint density at radius 2 is 1.57 bits per heavy atom. The summed E-state index contributed by atoms with van der Waals surface area (Å²) < 4.78 is 0. The van der Waals surface area contributed by atoms with Crippen molar-refractivity contribution < 1.29 is 4.79 Å². The highest BCUT2D eigenvalue weighted by molar-refractivity contribution is 5.95. The molecule has 4 rings (SSSR count). The van der Waals surface area contributed by atoms with Crippen molar-refractivity contribution in [2.75, 3.05) is 5.32 Å². The van der Waals surface area contributed by atoms with Gasteiger partial charge in [-0.1, -0.05) is 72.8 Å². The van der Waals surface area contributed by atoms with Gasteiger partial charge in [-0.2, -0.15) is 4.80 Å². The van der Waals surface area contributed by atoms with Crippen LogP contribution >= 0.6 is 0 Å². The summed E-state index contributed by atoms with van der Waals surface area (Å²) in [7, 11) is 0. The van der Waals surface area contributed by atoms with Crippen molar-refractivity contribution >= 4 is 11.6 Å². The molecule has 6 nitrogen and oxygen atoms in total. The molecule has 0 unspecified atom stereocenters. The van der Waals surface area contributed by atoms with E-state index in [-0.39, 0.29) is 12.5 Å². The second kappa shape index (κ2) is 7.84. The molecule has 3 aromatic carbocycles. The average Bonchev–Trinajstić information content (AvgIpc) is 3.17. The zero-order valence-electron chi connectivity index (χ0n) is 15.4. The van der Waals surface area contributed by atoms with Crippen LogP contribution in [0.1, 0.15) is 5.56 Å². The predicted octanol–water partition coefficient (Wildman–Crippen LogP) is 3.95. The third kappa shape index (κ3) is 3.81. The number of hydrogen-bond donors (Lipinski definition) is 1. The van der Waals surface area contributed by atoms with E-state index in [1.807, 2.05) is 85.8 Å². The van der Waals surface area contributed by atoms with Crippen molar-refractivity contribution in [3.63, 3.8) is 0 Å². The Morgan fingerprint density at radius 3 is 2.36 bits per heavy atom. The third-order valence-corrected chi connectivity index (χ3v) is 4.41. The molecule has 1 N–H and O–H groups in total. The van der Waals surface area contributed by atoms with Crippen LogP contribution in [0.4, 0.5) is 5.69 Å². The molecule has 138 valence electrons. The van der Waals surface area contributed by atoms with E-state index < -0.39 is 0 Å². The van der Waals surface area contributed by atoms with E-state index in [4.69, 9.17) is 0 Å². The largest absolute Gasteiger partial charge is 0.324 e. The van der Waals surface area contributed by atoms with Gasteiger partial charge in [-0.15, -0.1) is 10.2 Å². The molecule has 0 aliphatic heterocycles. The molecule has 1 amide bonds. The van der Waals surface area contributed by atoms with Crippen LogP contribution < -0.4 is 5.32 Å². The number of amides is 1. The summed E-state index contributed by atoms with van der Waals surface area (Å²) in [5.41, 5.74) is 4.72. The second-order valence-corrected chi connectivity index (χ2v) is 6.42. The maximum atomic E-state index is 12.5. The number of nitrogens with one attached hydrogen (secondary N) is 1. The number of nitrogens with zero attached hydrogens (tertiary/aromatic N) is 4. The summed E-state index contributed by atoms with van der Waals surface area (Å²) >= 11 is 0. The van der Waals surface area contributed by atoms with E-state index in [0.29, 0.717) is 5.82 Å². The Bertz CT molecular complexity index is 1100. The van der Waals surface area contributed by atoms with Crippen molar-refractivity contribution in [3.8, 4) is 22.5 Å². The van der Waals surface area contributed by atoms with Gasteiger partial charge < -0.3 is 5.32 Å². The lowest BCUT2D eigenvalue weighted by atomic mass is 10.0. The fourth-order valence-electron chi connectivity index (χ4n) is 3.02. The summed E-state index contributed by atoms with van der Waals surface area (Å²) in [6.45, 7) is 1.98. The molecule has 0 aliphatic carbocycles. The van der Waals surface area contributed by atoms with Crippen molar-refractivity contribution in [1.29, 1.82) is 0 Å². The minimum Gasteiger partial charge on any atom is -0.324 e. The molecule has 4 aromatic rings. The molecule has 0 saturated carbocycles. The molecule has 0 bridgehead atoms. The van der Waals surface area contributed by atoms with Crippen molar-refractivity contribution in [2.45, 2.75) is 13.5 Å². The SMILES string of the molecule is Cc1ccccc1-c1nnn(CC(=O)Nc2ccccc2-c2ccccc2)n1. The number of tetrazole rings is 1. The Morgan fingerprint density at radius 1 is 0.893 bits per heavy atom. The highest BCUT2D eigenvalue weighted by Crippen LogP contribution is 2.27. The molecule has 0 saturated heterocycles. The topological polar surface area (TPSA) is 72.7 Å². The van der Waals surface area contributed by atoms with Gasteiger partial charge in [0.25, 0.3) is 0 Å². The molecule has 6 heteroatoms. The van der Waals surface area contributed by atoms with Crippen molar-refractivity contribution in [1.82, 2.24) is 20.2 Å². The number of para-hydroxylation sites is 1. The molecule has 1 heterocycles. The van der Waals surface area contributed by atoms with Crippen LogP contribution in [0.3, 0.4) is 0 Å². The van der Waals surface area contributed by atoms with Crippen LogP contribution in [0, 0.1) is 6.92 Å². The summed E-state index contributed by atoms with van der Waals surface area (Å²) in [5.74, 6) is 0.299. The third-order valence-electron chi connectivity index (χ3n) is 4.41. The van der Waals surface area contributed by atoms with Crippen LogP contribution in [-0.2, 0) is 11.3 Å². The maximum Gasteiger partial charge on any atom is 0.248 e. The molecular formula is C22H19N5O. The summed E-state index contributed by atoms with van der Waals surface area (Å²) in [6, 6.07) is 25.5. The monoisotopic (exact) mass is 369 g/mol. The summed E-state index contributed by atoms with van der Waals surface area (Å²) in [6.07, 6.45) is 0. The highest BCUT2D eigenvalue weighted by atomic mass is 16.2. The lowest BCUT2D eigenvalue weighted by Gasteiger charge is -2.11. The van der Waals surface area contributed by atoms with Gasteiger partial charge in [0, 0.05) is 16.8 Å². The Hall–Kier alpha value is -3.80. The number of rotatable bonds is 5. The van der Waals surface area contributed by atoms with Crippen molar-refractivity contribution in [3.05, 3.63) is 84.4 Å². The number of hydrogen-bond acceptors (Lipinski definition) is 4. The van der Waals surface area contributed by atoms with Crippen LogP contribution in [0.5, 0.6) is 0 Å². The quantitative estimate of drug-likeness (QED) is 0.578. The van der Waals surface area contributed by atoms with Gasteiger partial charge in [-0.25, -0.2) is 0 Å². The molecular weight excluding hydrogens is 350 g/mol. The first kappa shape index (κ1) is 17.6. The van der Waals surface area contributed by atoms with E-state index in [1.165, 1.54) is 4.80 Å². The fourth-order valence-corrected chi connectivity index (χ4v) is 3.02. The zero-order chi connectivity index (χ0) is 19.3. The molecule has 1 aromatic heterocycles. The number of aryl methyl sites for hydroxylation is 1. The molecule has 0 aliphatic rings. The van der Waals surface area contributed by atoms with Crippen LogP contribution in [0.15, 0.2) is 78.9 Å². The number of carbonyl (C=O) groups excluding carboxylic acids is 1. The maximum absolute atomic E-state index is 12.5. The van der Waals surface area contributed by atoms with E-state index in [9.17, 15) is 4.79 Å². The number of carbonyl (C=O) groups is 1. The molecule has 0 fully saturated rings. The van der Waals surface area contributed by atoms with E-state index in [2.05, 4.69) is 20.7 Å². The van der Waals surface area contributed by atoms with Gasteiger partial charge in [-0.3, -0.25) is 4.79 Å². The first-order valence-electron chi connectivity index (χ1n) is 8.99. The smallest absolute Gasteiger partial charge is 0.248 e. The predicted molar refractivity (Wildman–Crippen MR) is 108 cm³/mol. The minimum absolute atomic E-state index is 0.0119. The fraction of sp³-hybridized carbons (Fsp3) is 0.0909. The van der Waals surface area contributed by atoms with Crippen molar-refractivity contribution in [2.24, 2.45) is 0 Å². The molecule has 0 spiro atoms. The van der Waals surface area contributed by atoms with Gasteiger partial charge >= 0.3 is 0 Å². The normalized spacial score (nSPS) is 10.6. The second-order valence-electron chi connectivity index (χ2n) is 6.42. The van der Waals surface area contributed by atoms with Gasteiger partial charge in [-0.05, 0) is 29.3 Å². The van der Waals surface area contributed by atoms with Gasteiger partial charge in [0.2, 0.25) is 11.7 Å². The minimum atomic E-state index is -0.211. The van der Waals surface area contributed by atoms with Gasteiger partial charge in [0.1, 0.15) is 6.54 Å². The first-order valence-corrected chi connectivity index (χ1v) is 8.99. The number of anilines is 1. The van der Waals surface area contributed by atoms with Crippen LogP contribution in [0.25, 0.3) is 22.5 Å². The Balaban J connectivity index is 1.50. The summed E-state index contributed by atoms with van der Waals surface area (Å²) in [4.78, 5) is 13.8. The zero-order valence-corrected chi connectivity index (χ0v) is 15.4. The summed E-state index contributed by atoms with van der Waals surface area (Å²) in [5, 5.41) is 15.4. The van der Waals surface area contributed by atoms with E-state index >= 15 is 0 Å². The van der Waals surface area contributed by atoms with E-state index in [0.717, 1.165) is 27.9 Å². The first-order chi connectivity index (χ1) is 13.7. The van der Waals surface area contributed by atoms with E-state index in [1.54, 1.807) is 0 Å². The van der Waals surface area contributed by atoms with Gasteiger partial charge in [0.15, 0.2) is 0 Å². The lowest BCUT2D eigenvalue weighted by Crippen LogP contribution is -2.20. The number of benzene rings is 3. The lowest BCUT2D eigenvalue weighted by molar-refractivity contribution is -0.117. The highest BCUT2D eigenvalue weighted by Gasteiger charge is 2.12. The Kier molecular flexibility index (Phi) is 4.93.